The lowest BCUT2D eigenvalue weighted by molar-refractivity contribution is -0.384. The van der Waals surface area contributed by atoms with Crippen LogP contribution in [0.25, 0.3) is 11.0 Å². The lowest BCUT2D eigenvalue weighted by atomic mass is 9.33. The van der Waals surface area contributed by atoms with Crippen LogP contribution in [0.5, 0.6) is 11.5 Å². The molecule has 0 radical (unpaired) electrons. The maximum absolute atomic E-state index is 14.0. The molecule has 62 heavy (non-hydrogen) atoms. The number of rotatable bonds is 13. The van der Waals surface area contributed by atoms with E-state index in [2.05, 4.69) is 69.6 Å². The van der Waals surface area contributed by atoms with Crippen LogP contribution in [0.1, 0.15) is 95.3 Å². The van der Waals surface area contributed by atoms with Crippen molar-refractivity contribution in [2.75, 3.05) is 57.0 Å². The molecule has 1 aliphatic heterocycles. The number of anilines is 2. The summed E-state index contributed by atoms with van der Waals surface area (Å²) < 4.78 is 36.0. The fourth-order valence-corrected chi connectivity index (χ4v) is 12.3. The number of aromatic nitrogens is 2. The van der Waals surface area contributed by atoms with Gasteiger partial charge in [0.05, 0.1) is 21.6 Å². The quantitative estimate of drug-likeness (QED) is 0.0671. The monoisotopic (exact) mass is 864 g/mol. The smallest absolute Gasteiger partial charge is 0.293 e. The Morgan fingerprint density at radius 2 is 1.74 bits per heavy atom. The Labute approximate surface area is 364 Å². The van der Waals surface area contributed by atoms with E-state index in [0.717, 1.165) is 75.5 Å². The molecule has 0 atom stereocenters. The molecular formula is C47H60N8O6S. The molecule has 5 aliphatic carbocycles. The van der Waals surface area contributed by atoms with Gasteiger partial charge in [-0.3, -0.25) is 19.8 Å². The summed E-state index contributed by atoms with van der Waals surface area (Å²) in [6.45, 7) is 11.7. The Balaban J connectivity index is 0.918. The molecule has 6 aliphatic rings. The van der Waals surface area contributed by atoms with E-state index in [9.17, 15) is 23.3 Å². The van der Waals surface area contributed by atoms with Crippen LogP contribution in [0, 0.1) is 26.4 Å². The van der Waals surface area contributed by atoms with Crippen LogP contribution in [-0.4, -0.2) is 97.9 Å². The van der Waals surface area contributed by atoms with Crippen LogP contribution in [0.4, 0.5) is 17.1 Å². The summed E-state index contributed by atoms with van der Waals surface area (Å²) in [5.74, 6) is -0.384. The number of nitro benzene ring substituents is 1. The average Bonchev–Trinajstić information content (AvgIpc) is 3.68. The Morgan fingerprint density at radius 3 is 2.44 bits per heavy atom. The van der Waals surface area contributed by atoms with E-state index in [-0.39, 0.29) is 28.7 Å². The highest BCUT2D eigenvalue weighted by Gasteiger charge is 2.66. The first-order valence-corrected chi connectivity index (χ1v) is 23.7. The number of sulfonamides is 1. The molecule has 1 saturated heterocycles. The van der Waals surface area contributed by atoms with E-state index in [0.29, 0.717) is 33.7 Å². The van der Waals surface area contributed by atoms with Crippen molar-refractivity contribution < 1.29 is 22.9 Å². The number of benzene rings is 2. The van der Waals surface area contributed by atoms with Crippen molar-refractivity contribution in [2.24, 2.45) is 16.2 Å². The maximum Gasteiger partial charge on any atom is 0.293 e. The Morgan fingerprint density at radius 1 is 1.00 bits per heavy atom. The molecule has 5 fully saturated rings. The maximum atomic E-state index is 14.0. The zero-order chi connectivity index (χ0) is 43.6. The van der Waals surface area contributed by atoms with Gasteiger partial charge in [-0.05, 0) is 131 Å². The number of pyridine rings is 1. The van der Waals surface area contributed by atoms with Gasteiger partial charge < -0.3 is 24.8 Å². The first kappa shape index (κ1) is 42.3. The zero-order valence-electron chi connectivity index (χ0n) is 36.6. The van der Waals surface area contributed by atoms with Crippen molar-refractivity contribution in [3.05, 3.63) is 87.7 Å². The van der Waals surface area contributed by atoms with E-state index in [4.69, 9.17) is 4.74 Å². The number of H-pyrrole nitrogens is 1. The van der Waals surface area contributed by atoms with Gasteiger partial charge in [-0.15, -0.1) is 0 Å². The largest absolute Gasteiger partial charge is 0.455 e. The van der Waals surface area contributed by atoms with Gasteiger partial charge in [0.2, 0.25) is 0 Å². The summed E-state index contributed by atoms with van der Waals surface area (Å²) in [5, 5.41) is 16.3. The van der Waals surface area contributed by atoms with E-state index >= 15 is 0 Å². The van der Waals surface area contributed by atoms with Gasteiger partial charge in [-0.2, -0.15) is 0 Å². The number of allylic oxidation sites excluding steroid dienone is 1. The van der Waals surface area contributed by atoms with E-state index < -0.39 is 25.7 Å². The number of amides is 1. The second-order valence-electron chi connectivity index (χ2n) is 20.2. The minimum atomic E-state index is -4.54. The number of piperazine rings is 1. The number of aromatic amines is 1. The fourth-order valence-electron chi connectivity index (χ4n) is 11.3. The Kier molecular flexibility index (Phi) is 10.9. The number of fused-ring (bicyclic) bond motifs is 1. The third-order valence-corrected chi connectivity index (χ3v) is 15.9. The van der Waals surface area contributed by atoms with Crippen LogP contribution < -0.4 is 19.7 Å². The number of ether oxygens (including phenoxy) is 1. The molecule has 15 heteroatoms. The zero-order valence-corrected chi connectivity index (χ0v) is 37.4. The van der Waals surface area contributed by atoms with Crippen molar-refractivity contribution in [2.45, 2.75) is 102 Å². The van der Waals surface area contributed by atoms with E-state index in [1.54, 1.807) is 41.7 Å². The summed E-state index contributed by atoms with van der Waals surface area (Å²) in [7, 11) is -0.435. The topological polar surface area (TPSA) is 166 Å². The van der Waals surface area contributed by atoms with Gasteiger partial charge in [0.15, 0.2) is 0 Å². The lowest BCUT2D eigenvalue weighted by Gasteiger charge is -2.72. The lowest BCUT2D eigenvalue weighted by Crippen LogP contribution is -2.61. The summed E-state index contributed by atoms with van der Waals surface area (Å²) in [4.78, 5) is 39.8. The van der Waals surface area contributed by atoms with Crippen molar-refractivity contribution in [1.82, 2.24) is 24.5 Å². The van der Waals surface area contributed by atoms with Crippen molar-refractivity contribution in [1.29, 1.82) is 0 Å². The van der Waals surface area contributed by atoms with Crippen LogP contribution in [-0.2, 0) is 10.0 Å². The highest BCUT2D eigenvalue weighted by Crippen LogP contribution is 2.77. The van der Waals surface area contributed by atoms with Crippen LogP contribution in [0.15, 0.2) is 77.0 Å². The van der Waals surface area contributed by atoms with Gasteiger partial charge in [0.1, 0.15) is 22.8 Å². The molecule has 0 unspecified atom stereocenters. The predicted octanol–water partition coefficient (Wildman–Crippen LogP) is 8.49. The number of hydrogen-bond donors (Lipinski definition) is 3. The molecule has 0 spiro atoms. The number of carbonyl (C=O) groups is 1. The number of carbonyl (C=O) groups excluding carboxylic acids is 1. The normalized spacial score (nSPS) is 26.2. The van der Waals surface area contributed by atoms with Gasteiger partial charge in [0, 0.05) is 74.2 Å². The molecule has 1 amide bonds. The molecule has 2 bridgehead atoms. The van der Waals surface area contributed by atoms with Crippen LogP contribution >= 0.6 is 0 Å². The van der Waals surface area contributed by atoms with Crippen molar-refractivity contribution >= 4 is 44.0 Å². The minimum Gasteiger partial charge on any atom is -0.455 e. The average molecular weight is 865 g/mol. The minimum absolute atomic E-state index is 0.00612. The van der Waals surface area contributed by atoms with Crippen molar-refractivity contribution in [3.8, 4) is 11.5 Å². The number of nitro groups is 1. The highest BCUT2D eigenvalue weighted by molar-refractivity contribution is 7.90. The molecule has 4 saturated carbocycles. The van der Waals surface area contributed by atoms with E-state index in [1.807, 2.05) is 12.1 Å². The predicted molar refractivity (Wildman–Crippen MR) is 241 cm³/mol. The second-order valence-corrected chi connectivity index (χ2v) is 21.8. The fraction of sp³-hybridized carbons (Fsp3) is 0.532. The molecule has 10 rings (SSSR count). The third kappa shape index (κ3) is 8.42. The first-order valence-electron chi connectivity index (χ1n) is 22.2. The molecule has 3 heterocycles. The van der Waals surface area contributed by atoms with Gasteiger partial charge >= 0.3 is 0 Å². The van der Waals surface area contributed by atoms with Gasteiger partial charge in [-0.25, -0.2) is 18.1 Å². The summed E-state index contributed by atoms with van der Waals surface area (Å²) in [6, 6.07) is 13.0. The Hall–Kier alpha value is -4.99. The van der Waals surface area contributed by atoms with Crippen LogP contribution in [0.2, 0.25) is 0 Å². The van der Waals surface area contributed by atoms with E-state index in [1.165, 1.54) is 50.7 Å². The summed E-state index contributed by atoms with van der Waals surface area (Å²) >= 11 is 0. The molecule has 14 nitrogen and oxygen atoms in total. The molecule has 3 N–H and O–H groups in total. The molecule has 4 aromatic rings. The molecule has 330 valence electrons. The standard InChI is InChI=1S/C47H60N8O6S/c1-45(2)16-14-32(39(25-45)47-28-46(3,29-47)30-47)27-53-18-20-54(21-19-53)35-10-12-38(42(23-35)61-36-22-31-15-17-48-43(31)49-26-36)44(56)51-62(59,60)37-11-13-40(41(24-37)55(57)58)50-33-6-8-34(9-7-33)52(4)5/h10-13,15,17,22-24,26,33-34,50H,6-9,14,16,18-21,25,27-30H2,1-5H3,(H,48,49)(H,51,56). The summed E-state index contributed by atoms with van der Waals surface area (Å²) in [5.41, 5.74) is 6.23. The van der Waals surface area contributed by atoms with Crippen LogP contribution in [0.3, 0.4) is 0 Å². The molecule has 2 aromatic carbocycles. The first-order chi connectivity index (χ1) is 29.5. The third-order valence-electron chi connectivity index (χ3n) is 14.6. The summed E-state index contributed by atoms with van der Waals surface area (Å²) in [6.07, 6.45) is 14.6. The Bertz CT molecular complexity index is 2510. The SMILES string of the molecule is CN(C)C1CCC(Nc2ccc(S(=O)(=O)NC(=O)c3ccc(N4CCN(CC5=C(C67CC(C)(C6)C7)CC(C)(C)CC5)CC4)cc3Oc3cnc4[nH]ccc4c3)cc2[N+](=O)[O-])CC1. The number of nitrogens with zero attached hydrogens (tertiary/aromatic N) is 5. The second kappa shape index (κ2) is 16.0. The van der Waals surface area contributed by atoms with Gasteiger partial charge in [0.25, 0.3) is 21.6 Å². The molecule has 2 aromatic heterocycles. The number of nitrogens with one attached hydrogen (secondary N) is 3. The molecular weight excluding hydrogens is 805 g/mol. The van der Waals surface area contributed by atoms with Crippen molar-refractivity contribution in [3.63, 3.8) is 0 Å². The number of hydrogen-bond acceptors (Lipinski definition) is 11. The van der Waals surface area contributed by atoms with Gasteiger partial charge in [-0.1, -0.05) is 31.9 Å². The highest BCUT2D eigenvalue weighted by atomic mass is 32.2.